The van der Waals surface area contributed by atoms with Crippen molar-refractivity contribution >= 4 is 72.6 Å². The molecule has 0 saturated carbocycles. The number of fused-ring (bicyclic) bond motifs is 6. The van der Waals surface area contributed by atoms with Gasteiger partial charge in [0.2, 0.25) is 0 Å². The first kappa shape index (κ1) is 26.6. The van der Waals surface area contributed by atoms with Crippen LogP contribution in [0, 0.1) is 56.7 Å². The molecule has 0 bridgehead atoms. The van der Waals surface area contributed by atoms with Gasteiger partial charge in [-0.1, -0.05) is 12.1 Å². The second-order valence-corrected chi connectivity index (χ2v) is 7.92. The largest absolute Gasteiger partial charge is 0.264 e. The second-order valence-electron chi connectivity index (χ2n) is 7.92. The maximum atomic E-state index is 9.51. The van der Waals surface area contributed by atoms with Gasteiger partial charge in [0.25, 0.3) is 0 Å². The molecule has 0 aliphatic rings. The third kappa shape index (κ3) is 4.45. The van der Waals surface area contributed by atoms with E-state index in [0.717, 1.165) is 0 Å². The summed E-state index contributed by atoms with van der Waals surface area (Å²) < 4.78 is 0. The molecule has 2 aromatic carbocycles. The van der Waals surface area contributed by atoms with Crippen LogP contribution in [0.2, 0.25) is 0 Å². The van der Waals surface area contributed by atoms with Crippen molar-refractivity contribution in [2.24, 2.45) is 0 Å². The van der Waals surface area contributed by atoms with E-state index in [1.165, 1.54) is 33.9 Å². The molecule has 0 aliphatic carbocycles. The molecule has 6 aromatic rings. The first-order valence-electron chi connectivity index (χ1n) is 11.0. The van der Waals surface area contributed by atoms with Gasteiger partial charge in [-0.2, -0.15) is 26.3 Å². The van der Waals surface area contributed by atoms with Gasteiger partial charge in [0, 0.05) is 93.7 Å². The van der Waals surface area contributed by atoms with Gasteiger partial charge in [-0.05, 0) is 34.4 Å². The molecule has 39 heavy (non-hydrogen) atoms. The number of aromatic nitrogens is 4. The van der Waals surface area contributed by atoms with E-state index in [9.17, 15) is 26.3 Å². The van der Waals surface area contributed by atoms with Crippen molar-refractivity contribution in [1.82, 2.24) is 19.9 Å². The van der Waals surface area contributed by atoms with Crippen LogP contribution in [0.15, 0.2) is 67.5 Å². The SMILES string of the molecule is N#Cc1nc(C#N)c2c(C#N)c(C#N)c3cnccc3c2c1C#N.[Na].c1cc2c(ccc3cnccc32)cn1. The van der Waals surface area contributed by atoms with Crippen LogP contribution in [0.1, 0.15) is 28.1 Å². The summed E-state index contributed by atoms with van der Waals surface area (Å²) in [6.45, 7) is 0. The number of rotatable bonds is 0. The Morgan fingerprint density at radius 2 is 0.974 bits per heavy atom. The number of nitrogens with zero attached hydrogens (tertiary/aromatic N) is 9. The van der Waals surface area contributed by atoms with E-state index in [1.54, 1.807) is 12.1 Å². The topological polar surface area (TPSA) is 171 Å². The molecule has 0 aliphatic heterocycles. The Morgan fingerprint density at radius 3 is 1.49 bits per heavy atom. The van der Waals surface area contributed by atoms with E-state index in [4.69, 9.17) is 0 Å². The Hall–Kier alpha value is -5.47. The average molecular weight is 508 g/mol. The molecule has 0 fully saturated rings. The van der Waals surface area contributed by atoms with Gasteiger partial charge in [-0.15, -0.1) is 0 Å². The molecule has 9 nitrogen and oxygen atoms in total. The molecule has 4 aromatic heterocycles. The fourth-order valence-electron chi connectivity index (χ4n) is 4.42. The summed E-state index contributed by atoms with van der Waals surface area (Å²) in [4.78, 5) is 16.0. The van der Waals surface area contributed by atoms with E-state index in [2.05, 4.69) is 32.1 Å². The zero-order valence-corrected chi connectivity index (χ0v) is 22.4. The number of nitriles is 5. The predicted molar refractivity (Wildman–Crippen MR) is 143 cm³/mol. The number of pyridine rings is 4. The van der Waals surface area contributed by atoms with Gasteiger partial charge < -0.3 is 0 Å². The zero-order chi connectivity index (χ0) is 26.6. The molecule has 6 rings (SSSR count). The van der Waals surface area contributed by atoms with Crippen LogP contribution >= 0.6 is 0 Å². The molecule has 4 heterocycles. The third-order valence-electron chi connectivity index (χ3n) is 6.04. The Kier molecular flexibility index (Phi) is 7.69. The summed E-state index contributed by atoms with van der Waals surface area (Å²) in [5.74, 6) is 0. The van der Waals surface area contributed by atoms with Gasteiger partial charge in [0.15, 0.2) is 11.4 Å². The van der Waals surface area contributed by atoms with E-state index in [-0.39, 0.29) is 68.4 Å². The normalized spacial score (nSPS) is 9.72. The molecule has 1 radical (unpaired) electrons. The van der Waals surface area contributed by atoms with Gasteiger partial charge in [0.05, 0.1) is 16.7 Å². The molecule has 173 valence electrons. The number of benzene rings is 2. The summed E-state index contributed by atoms with van der Waals surface area (Å²) in [6, 6.07) is 19.2. The molecule has 0 saturated heterocycles. The number of hydrogen-bond acceptors (Lipinski definition) is 9. The average Bonchev–Trinajstić information content (AvgIpc) is 2.99. The predicted octanol–water partition coefficient (Wildman–Crippen LogP) is 4.54. The monoisotopic (exact) mass is 508 g/mol. The first-order valence-corrected chi connectivity index (χ1v) is 11.0. The Bertz CT molecular complexity index is 2100. The van der Waals surface area contributed by atoms with Gasteiger partial charge in [-0.3, -0.25) is 15.0 Å². The minimum atomic E-state index is -0.201. The van der Waals surface area contributed by atoms with Crippen LogP contribution in [0.3, 0.4) is 0 Å². The Balaban J connectivity index is 0.000000199. The maximum absolute atomic E-state index is 9.51. The fraction of sp³-hybridized carbons (Fsp3) is 0. The standard InChI is InChI=1S/C17H3N7.C12H8N2.Na/c18-3-10-11(4-19)17-15(7-22)24-14(6-21)12(5-20)16(17)9-1-2-23-8-13(9)10;1-2-10-8-14-6-4-12(10)11-3-5-13-7-9(1)11;/h1-2,8H;1-8H;. The smallest absolute Gasteiger partial charge is 0.160 e. The van der Waals surface area contributed by atoms with Crippen molar-refractivity contribution in [3.05, 3.63) is 95.6 Å². The van der Waals surface area contributed by atoms with Crippen LogP contribution in [-0.4, -0.2) is 49.5 Å². The van der Waals surface area contributed by atoms with Crippen LogP contribution in [0.25, 0.3) is 43.1 Å². The summed E-state index contributed by atoms with van der Waals surface area (Å²) in [6.07, 6.45) is 10.3. The minimum Gasteiger partial charge on any atom is -0.264 e. The third-order valence-corrected chi connectivity index (χ3v) is 6.04. The van der Waals surface area contributed by atoms with Crippen molar-refractivity contribution in [1.29, 1.82) is 26.3 Å². The van der Waals surface area contributed by atoms with Gasteiger partial charge >= 0.3 is 0 Å². The Labute approximate surface area is 243 Å². The van der Waals surface area contributed by atoms with Crippen LogP contribution in [-0.2, 0) is 0 Å². The molecule has 0 spiro atoms. The van der Waals surface area contributed by atoms with Gasteiger partial charge in [-0.25, -0.2) is 4.98 Å². The Morgan fingerprint density at radius 1 is 0.462 bits per heavy atom. The molecule has 0 atom stereocenters. The molecule has 0 amide bonds. The summed E-state index contributed by atoms with van der Waals surface area (Å²) in [5.41, 5.74) is -0.415. The fourth-order valence-corrected chi connectivity index (χ4v) is 4.42. The summed E-state index contributed by atoms with van der Waals surface area (Å²) in [7, 11) is 0. The molecule has 0 N–H and O–H groups in total. The molecule has 0 unspecified atom stereocenters. The second kappa shape index (κ2) is 11.3. The first-order chi connectivity index (χ1) is 18.7. The zero-order valence-electron chi connectivity index (χ0n) is 20.4. The maximum Gasteiger partial charge on any atom is 0.160 e. The van der Waals surface area contributed by atoms with Crippen molar-refractivity contribution in [2.45, 2.75) is 0 Å². The van der Waals surface area contributed by atoms with E-state index < -0.39 is 0 Å². The van der Waals surface area contributed by atoms with Gasteiger partial charge in [0.1, 0.15) is 30.3 Å². The van der Waals surface area contributed by atoms with Crippen LogP contribution in [0.5, 0.6) is 0 Å². The molecular formula is C29H11N9Na. The number of hydrogen-bond donors (Lipinski definition) is 0. The van der Waals surface area contributed by atoms with Crippen molar-refractivity contribution in [3.63, 3.8) is 0 Å². The summed E-state index contributed by atoms with van der Waals surface area (Å²) in [5, 5.41) is 53.0. The molecule has 10 heteroatoms. The molecular weight excluding hydrogens is 497 g/mol. The van der Waals surface area contributed by atoms with Crippen LogP contribution in [0.4, 0.5) is 0 Å². The van der Waals surface area contributed by atoms with Crippen molar-refractivity contribution in [3.8, 4) is 30.3 Å². The van der Waals surface area contributed by atoms with E-state index in [0.29, 0.717) is 10.8 Å². The quantitative estimate of drug-likeness (QED) is 0.211. The van der Waals surface area contributed by atoms with E-state index >= 15 is 0 Å². The van der Waals surface area contributed by atoms with Crippen molar-refractivity contribution < 1.29 is 0 Å². The van der Waals surface area contributed by atoms with Crippen molar-refractivity contribution in [2.75, 3.05) is 0 Å². The van der Waals surface area contributed by atoms with Crippen LogP contribution < -0.4 is 0 Å². The van der Waals surface area contributed by atoms with E-state index in [1.807, 2.05) is 61.2 Å². The summed E-state index contributed by atoms with van der Waals surface area (Å²) >= 11 is 0. The minimum absolute atomic E-state index is 0.